The number of Topliss-reactive ketones (excluding diaryl/α,β-unsaturated/α-hetero) is 1. The highest BCUT2D eigenvalue weighted by molar-refractivity contribution is 5.78. The van der Waals surface area contributed by atoms with E-state index in [1.807, 2.05) is 0 Å². The molecule has 14 heavy (non-hydrogen) atoms. The fourth-order valence-corrected chi connectivity index (χ4v) is 1.16. The highest BCUT2D eigenvalue weighted by Gasteiger charge is 2.13. The molecule has 0 unspecified atom stereocenters. The summed E-state index contributed by atoms with van der Waals surface area (Å²) in [5, 5.41) is 9.28. The van der Waals surface area contributed by atoms with E-state index in [0.717, 1.165) is 0 Å². The quantitative estimate of drug-likeness (QED) is 0.803. The maximum absolute atomic E-state index is 13.3. The minimum Gasteiger partial charge on any atom is -0.502 e. The van der Waals surface area contributed by atoms with Gasteiger partial charge in [-0.05, 0) is 18.6 Å². The van der Waals surface area contributed by atoms with E-state index >= 15 is 0 Å². The van der Waals surface area contributed by atoms with Gasteiger partial charge in [-0.25, -0.2) is 4.39 Å². The van der Waals surface area contributed by atoms with Crippen LogP contribution in [0.25, 0.3) is 0 Å². The summed E-state index contributed by atoms with van der Waals surface area (Å²) in [6, 6.07) is 2.85. The normalized spacial score (nSPS) is 9.93. The lowest BCUT2D eigenvalue weighted by atomic mass is 10.1. The second-order valence-corrected chi connectivity index (χ2v) is 2.97. The summed E-state index contributed by atoms with van der Waals surface area (Å²) >= 11 is 0. The number of hydrogen-bond acceptors (Lipinski definition) is 3. The van der Waals surface area contributed by atoms with Crippen LogP contribution < -0.4 is 4.74 Å². The molecular formula is C10H11FO3. The first-order valence-electron chi connectivity index (χ1n) is 4.10. The second-order valence-electron chi connectivity index (χ2n) is 2.97. The Morgan fingerprint density at radius 3 is 2.71 bits per heavy atom. The molecule has 0 fully saturated rings. The molecule has 0 spiro atoms. The molecular weight excluding hydrogens is 187 g/mol. The van der Waals surface area contributed by atoms with Gasteiger partial charge in [0.1, 0.15) is 5.78 Å². The van der Waals surface area contributed by atoms with Gasteiger partial charge in [-0.3, -0.25) is 4.79 Å². The van der Waals surface area contributed by atoms with Gasteiger partial charge in [-0.2, -0.15) is 0 Å². The molecule has 0 heterocycles. The lowest BCUT2D eigenvalue weighted by molar-refractivity contribution is -0.116. The van der Waals surface area contributed by atoms with Crippen molar-refractivity contribution < 1.29 is 19.0 Å². The number of carbonyl (C=O) groups excluding carboxylic acids is 1. The Morgan fingerprint density at radius 2 is 2.21 bits per heavy atom. The van der Waals surface area contributed by atoms with Gasteiger partial charge in [0.05, 0.1) is 7.11 Å². The minimum absolute atomic E-state index is 0.0244. The van der Waals surface area contributed by atoms with Crippen LogP contribution in [0.4, 0.5) is 4.39 Å². The summed E-state index contributed by atoms with van der Waals surface area (Å²) in [4.78, 5) is 10.8. The fourth-order valence-electron chi connectivity index (χ4n) is 1.16. The summed E-state index contributed by atoms with van der Waals surface area (Å²) in [5.74, 6) is -1.44. The van der Waals surface area contributed by atoms with Gasteiger partial charge in [0.2, 0.25) is 0 Å². The largest absolute Gasteiger partial charge is 0.502 e. The van der Waals surface area contributed by atoms with Crippen LogP contribution in [0, 0.1) is 5.82 Å². The molecule has 1 aromatic rings. The number of hydrogen-bond donors (Lipinski definition) is 1. The maximum Gasteiger partial charge on any atom is 0.194 e. The Balaban J connectivity index is 3.10. The molecule has 3 nitrogen and oxygen atoms in total. The zero-order valence-corrected chi connectivity index (χ0v) is 8.00. The monoisotopic (exact) mass is 198 g/mol. The van der Waals surface area contributed by atoms with Crippen LogP contribution in [-0.4, -0.2) is 18.0 Å². The number of benzene rings is 1. The maximum atomic E-state index is 13.3. The van der Waals surface area contributed by atoms with E-state index in [4.69, 9.17) is 4.74 Å². The first kappa shape index (κ1) is 10.5. The summed E-state index contributed by atoms with van der Waals surface area (Å²) in [5.41, 5.74) is 0.177. The Labute approximate surface area is 81.1 Å². The predicted octanol–water partition coefficient (Wildman–Crippen LogP) is 1.67. The van der Waals surface area contributed by atoms with Crippen molar-refractivity contribution >= 4 is 5.78 Å². The van der Waals surface area contributed by atoms with Crippen molar-refractivity contribution in [3.8, 4) is 11.5 Å². The van der Waals surface area contributed by atoms with Crippen LogP contribution in [-0.2, 0) is 11.2 Å². The van der Waals surface area contributed by atoms with Crippen LogP contribution in [0.2, 0.25) is 0 Å². The summed E-state index contributed by atoms with van der Waals surface area (Å²) in [6.45, 7) is 1.36. The number of halogens is 1. The summed E-state index contributed by atoms with van der Waals surface area (Å²) < 4.78 is 18.0. The molecule has 0 amide bonds. The molecule has 1 N–H and O–H groups in total. The fraction of sp³-hybridized carbons (Fsp3) is 0.300. The molecule has 0 atom stereocenters. The van der Waals surface area contributed by atoms with Crippen LogP contribution in [0.5, 0.6) is 11.5 Å². The van der Waals surface area contributed by atoms with Crippen LogP contribution in [0.1, 0.15) is 12.5 Å². The number of ketones is 1. The van der Waals surface area contributed by atoms with E-state index in [-0.39, 0.29) is 23.5 Å². The highest BCUT2D eigenvalue weighted by Crippen LogP contribution is 2.30. The zero-order valence-electron chi connectivity index (χ0n) is 8.00. The van der Waals surface area contributed by atoms with Gasteiger partial charge in [-0.15, -0.1) is 0 Å². The molecule has 0 aliphatic heterocycles. The van der Waals surface area contributed by atoms with E-state index < -0.39 is 11.6 Å². The average Bonchev–Trinajstić information content (AvgIpc) is 2.13. The van der Waals surface area contributed by atoms with E-state index in [2.05, 4.69) is 0 Å². The number of aromatic hydroxyl groups is 1. The molecule has 0 aromatic heterocycles. The molecule has 0 aliphatic rings. The van der Waals surface area contributed by atoms with Crippen molar-refractivity contribution in [3.63, 3.8) is 0 Å². The van der Waals surface area contributed by atoms with Crippen LogP contribution >= 0.6 is 0 Å². The SMILES string of the molecule is COc1ccc(CC(C)=O)c(F)c1O. The van der Waals surface area contributed by atoms with Crippen LogP contribution in [0.3, 0.4) is 0 Å². The van der Waals surface area contributed by atoms with Gasteiger partial charge < -0.3 is 9.84 Å². The van der Waals surface area contributed by atoms with E-state index in [9.17, 15) is 14.3 Å². The molecule has 0 saturated carbocycles. The lowest BCUT2D eigenvalue weighted by Crippen LogP contribution is -2.00. The Bertz CT molecular complexity index is 361. The molecule has 1 rings (SSSR count). The van der Waals surface area contributed by atoms with Crippen molar-refractivity contribution in [1.82, 2.24) is 0 Å². The molecule has 76 valence electrons. The zero-order chi connectivity index (χ0) is 10.7. The Morgan fingerprint density at radius 1 is 1.57 bits per heavy atom. The minimum atomic E-state index is -0.792. The third kappa shape index (κ3) is 2.02. The van der Waals surface area contributed by atoms with E-state index in [1.54, 1.807) is 0 Å². The third-order valence-electron chi connectivity index (χ3n) is 1.82. The topological polar surface area (TPSA) is 46.5 Å². The number of phenolic OH excluding ortho intramolecular Hbond substituents is 1. The smallest absolute Gasteiger partial charge is 0.194 e. The first-order chi connectivity index (χ1) is 6.56. The standard InChI is InChI=1S/C10H11FO3/c1-6(12)5-7-3-4-8(14-2)10(13)9(7)11/h3-4,13H,5H2,1-2H3. The van der Waals surface area contributed by atoms with E-state index in [1.165, 1.54) is 26.2 Å². The van der Waals surface area contributed by atoms with Crippen molar-refractivity contribution in [1.29, 1.82) is 0 Å². The molecule has 1 aromatic carbocycles. The first-order valence-corrected chi connectivity index (χ1v) is 4.10. The highest BCUT2D eigenvalue weighted by atomic mass is 19.1. The van der Waals surface area contributed by atoms with E-state index in [0.29, 0.717) is 0 Å². The lowest BCUT2D eigenvalue weighted by Gasteiger charge is -2.06. The summed E-state index contributed by atoms with van der Waals surface area (Å²) in [6.07, 6.45) is -0.0244. The molecule has 0 radical (unpaired) electrons. The number of ether oxygens (including phenoxy) is 1. The molecule has 0 aliphatic carbocycles. The predicted molar refractivity (Wildman–Crippen MR) is 49.0 cm³/mol. The summed E-state index contributed by atoms with van der Waals surface area (Å²) in [7, 11) is 1.33. The Hall–Kier alpha value is -1.58. The van der Waals surface area contributed by atoms with Crippen LogP contribution in [0.15, 0.2) is 12.1 Å². The molecule has 4 heteroatoms. The number of carbonyl (C=O) groups is 1. The number of methoxy groups -OCH3 is 1. The van der Waals surface area contributed by atoms with Gasteiger partial charge in [0.25, 0.3) is 0 Å². The molecule has 0 saturated heterocycles. The second kappa shape index (κ2) is 4.09. The molecule has 0 bridgehead atoms. The average molecular weight is 198 g/mol. The number of rotatable bonds is 3. The van der Waals surface area contributed by atoms with Crippen molar-refractivity contribution in [3.05, 3.63) is 23.5 Å². The van der Waals surface area contributed by atoms with Crippen molar-refractivity contribution in [2.24, 2.45) is 0 Å². The van der Waals surface area contributed by atoms with Gasteiger partial charge in [0, 0.05) is 6.42 Å². The van der Waals surface area contributed by atoms with Crippen molar-refractivity contribution in [2.45, 2.75) is 13.3 Å². The third-order valence-corrected chi connectivity index (χ3v) is 1.82. The van der Waals surface area contributed by atoms with Gasteiger partial charge in [-0.1, -0.05) is 6.07 Å². The Kier molecular flexibility index (Phi) is 3.06. The van der Waals surface area contributed by atoms with Gasteiger partial charge >= 0.3 is 0 Å². The van der Waals surface area contributed by atoms with Gasteiger partial charge in [0.15, 0.2) is 17.3 Å². The van der Waals surface area contributed by atoms with Crippen molar-refractivity contribution in [2.75, 3.05) is 7.11 Å². The number of phenols is 1.